The predicted molar refractivity (Wildman–Crippen MR) is 111 cm³/mol. The summed E-state index contributed by atoms with van der Waals surface area (Å²) in [5, 5.41) is 0. The average molecular weight is 407 g/mol. The third-order valence-corrected chi connectivity index (χ3v) is 5.82. The van der Waals surface area contributed by atoms with Crippen LogP contribution in [0, 0.1) is 6.92 Å². The minimum atomic E-state index is 0.0983. The lowest BCUT2D eigenvalue weighted by molar-refractivity contribution is 0.0242. The standard InChI is InChI=1S/C21H21N5O2S/c1-14-12-17(29-25-14)13-19-23-18-4-9-26(15-2-7-22-8-3-15)20(18)21(24-19)28-16-5-10-27-11-6-16/h2-4,7-9,12,16H,5-6,10-11,13H2,1H3. The molecule has 0 amide bonds. The molecule has 1 aliphatic rings. The summed E-state index contributed by atoms with van der Waals surface area (Å²) >= 11 is 1.49. The Balaban J connectivity index is 1.58. The van der Waals surface area contributed by atoms with Crippen molar-refractivity contribution in [1.82, 2.24) is 23.9 Å². The number of rotatable bonds is 5. The minimum absolute atomic E-state index is 0.0983. The molecule has 0 aliphatic carbocycles. The van der Waals surface area contributed by atoms with E-state index in [0.717, 1.165) is 59.2 Å². The number of aryl methyl sites for hydroxylation is 1. The molecular weight excluding hydrogens is 386 g/mol. The van der Waals surface area contributed by atoms with E-state index in [9.17, 15) is 0 Å². The van der Waals surface area contributed by atoms with E-state index in [2.05, 4.69) is 20.0 Å². The van der Waals surface area contributed by atoms with Gasteiger partial charge in [0.1, 0.15) is 17.4 Å². The molecule has 7 nitrogen and oxygen atoms in total. The molecule has 0 saturated carbocycles. The van der Waals surface area contributed by atoms with Crippen LogP contribution >= 0.6 is 11.5 Å². The SMILES string of the molecule is Cc1cc(Cc2nc(OC3CCOCC3)c3c(ccn3-c3ccncc3)n2)sn1. The Bertz CT molecular complexity index is 1120. The quantitative estimate of drug-likeness (QED) is 0.502. The molecule has 5 heterocycles. The van der Waals surface area contributed by atoms with Crippen LogP contribution in [-0.2, 0) is 11.2 Å². The molecule has 0 atom stereocenters. The highest BCUT2D eigenvalue weighted by atomic mass is 32.1. The molecule has 8 heteroatoms. The van der Waals surface area contributed by atoms with E-state index in [0.29, 0.717) is 12.3 Å². The van der Waals surface area contributed by atoms with Crippen molar-refractivity contribution < 1.29 is 9.47 Å². The molecule has 4 aromatic heterocycles. The van der Waals surface area contributed by atoms with Gasteiger partial charge in [0.25, 0.3) is 0 Å². The number of aromatic nitrogens is 5. The first-order valence-electron chi connectivity index (χ1n) is 9.71. The molecule has 29 heavy (non-hydrogen) atoms. The van der Waals surface area contributed by atoms with Gasteiger partial charge in [-0.05, 0) is 42.7 Å². The van der Waals surface area contributed by atoms with E-state index < -0.39 is 0 Å². The summed E-state index contributed by atoms with van der Waals surface area (Å²) in [6, 6.07) is 8.02. The van der Waals surface area contributed by atoms with Crippen LogP contribution in [0.2, 0.25) is 0 Å². The van der Waals surface area contributed by atoms with Crippen molar-refractivity contribution in [2.45, 2.75) is 32.3 Å². The summed E-state index contributed by atoms with van der Waals surface area (Å²) in [6.07, 6.45) is 8.04. The van der Waals surface area contributed by atoms with E-state index in [4.69, 9.17) is 19.4 Å². The van der Waals surface area contributed by atoms with Gasteiger partial charge in [-0.15, -0.1) is 0 Å². The Kier molecular flexibility index (Phi) is 4.95. The van der Waals surface area contributed by atoms with Gasteiger partial charge in [-0.2, -0.15) is 9.36 Å². The lowest BCUT2D eigenvalue weighted by atomic mass is 10.1. The Morgan fingerprint density at radius 1 is 1.17 bits per heavy atom. The van der Waals surface area contributed by atoms with Gasteiger partial charge in [0.15, 0.2) is 0 Å². The summed E-state index contributed by atoms with van der Waals surface area (Å²) in [7, 11) is 0. The molecule has 0 aromatic carbocycles. The molecule has 1 fully saturated rings. The van der Waals surface area contributed by atoms with Gasteiger partial charge >= 0.3 is 0 Å². The van der Waals surface area contributed by atoms with Crippen LogP contribution in [-0.4, -0.2) is 43.2 Å². The fraction of sp³-hybridized carbons (Fsp3) is 0.333. The highest BCUT2D eigenvalue weighted by molar-refractivity contribution is 7.05. The van der Waals surface area contributed by atoms with E-state index in [-0.39, 0.29) is 6.10 Å². The second-order valence-electron chi connectivity index (χ2n) is 7.11. The monoisotopic (exact) mass is 407 g/mol. The highest BCUT2D eigenvalue weighted by Gasteiger charge is 2.21. The van der Waals surface area contributed by atoms with Crippen LogP contribution in [0.15, 0.2) is 42.9 Å². The first-order chi connectivity index (χ1) is 14.3. The molecular formula is C21H21N5O2S. The van der Waals surface area contributed by atoms with Crippen LogP contribution in [0.3, 0.4) is 0 Å². The predicted octanol–water partition coefficient (Wildman–Crippen LogP) is 3.73. The summed E-state index contributed by atoms with van der Waals surface area (Å²) in [5.41, 5.74) is 3.77. The van der Waals surface area contributed by atoms with Gasteiger partial charge in [-0.1, -0.05) is 0 Å². The van der Waals surface area contributed by atoms with Crippen molar-refractivity contribution in [2.75, 3.05) is 13.2 Å². The van der Waals surface area contributed by atoms with Crippen molar-refractivity contribution in [3.05, 3.63) is 59.3 Å². The number of pyridine rings is 1. The van der Waals surface area contributed by atoms with Crippen LogP contribution in [0.4, 0.5) is 0 Å². The summed E-state index contributed by atoms with van der Waals surface area (Å²) in [4.78, 5) is 14.9. The first kappa shape index (κ1) is 18.2. The third-order valence-electron chi connectivity index (χ3n) is 4.94. The lowest BCUT2D eigenvalue weighted by Crippen LogP contribution is -2.26. The Morgan fingerprint density at radius 3 is 2.76 bits per heavy atom. The van der Waals surface area contributed by atoms with Crippen molar-refractivity contribution in [3.8, 4) is 11.6 Å². The molecule has 4 aromatic rings. The van der Waals surface area contributed by atoms with Gasteiger partial charge in [0.2, 0.25) is 5.88 Å². The zero-order chi connectivity index (χ0) is 19.6. The normalized spacial score (nSPS) is 15.1. The maximum absolute atomic E-state index is 6.39. The van der Waals surface area contributed by atoms with Crippen molar-refractivity contribution in [3.63, 3.8) is 0 Å². The summed E-state index contributed by atoms with van der Waals surface area (Å²) in [6.45, 7) is 3.44. The van der Waals surface area contributed by atoms with Crippen LogP contribution in [0.1, 0.15) is 29.2 Å². The third kappa shape index (κ3) is 3.86. The second-order valence-corrected chi connectivity index (χ2v) is 8.00. The zero-order valence-corrected chi connectivity index (χ0v) is 16.9. The van der Waals surface area contributed by atoms with Crippen LogP contribution in [0.25, 0.3) is 16.7 Å². The van der Waals surface area contributed by atoms with Crippen molar-refractivity contribution in [1.29, 1.82) is 0 Å². The van der Waals surface area contributed by atoms with Gasteiger partial charge in [0.05, 0.1) is 24.4 Å². The lowest BCUT2D eigenvalue weighted by Gasteiger charge is -2.23. The zero-order valence-electron chi connectivity index (χ0n) is 16.1. The molecule has 1 aliphatic heterocycles. The topological polar surface area (TPSA) is 75.0 Å². The van der Waals surface area contributed by atoms with Crippen LogP contribution in [0.5, 0.6) is 5.88 Å². The number of ether oxygens (including phenoxy) is 2. The second kappa shape index (κ2) is 7.88. The highest BCUT2D eigenvalue weighted by Crippen LogP contribution is 2.29. The Labute approximate surface area is 172 Å². The smallest absolute Gasteiger partial charge is 0.242 e. The molecule has 1 saturated heterocycles. The van der Waals surface area contributed by atoms with E-state index in [1.165, 1.54) is 11.5 Å². The fourth-order valence-electron chi connectivity index (χ4n) is 3.55. The van der Waals surface area contributed by atoms with Gasteiger partial charge < -0.3 is 14.0 Å². The van der Waals surface area contributed by atoms with E-state index >= 15 is 0 Å². The molecule has 0 bridgehead atoms. The molecule has 0 radical (unpaired) electrons. The molecule has 0 unspecified atom stereocenters. The minimum Gasteiger partial charge on any atom is -0.473 e. The molecule has 5 rings (SSSR count). The van der Waals surface area contributed by atoms with E-state index in [1.54, 1.807) is 12.4 Å². The summed E-state index contributed by atoms with van der Waals surface area (Å²) < 4.78 is 18.3. The maximum atomic E-state index is 6.39. The molecule has 0 N–H and O–H groups in total. The van der Waals surface area contributed by atoms with E-state index in [1.807, 2.05) is 31.3 Å². The number of fused-ring (bicyclic) bond motifs is 1. The number of nitrogens with zero attached hydrogens (tertiary/aromatic N) is 5. The number of hydrogen-bond acceptors (Lipinski definition) is 7. The fourth-order valence-corrected chi connectivity index (χ4v) is 4.28. The van der Waals surface area contributed by atoms with Crippen molar-refractivity contribution >= 4 is 22.6 Å². The van der Waals surface area contributed by atoms with Gasteiger partial charge in [-0.25, -0.2) is 4.98 Å². The molecule has 148 valence electrons. The summed E-state index contributed by atoms with van der Waals surface area (Å²) in [5.74, 6) is 1.37. The first-order valence-corrected chi connectivity index (χ1v) is 10.5. The van der Waals surface area contributed by atoms with Gasteiger partial charge in [0, 0.05) is 48.4 Å². The average Bonchev–Trinajstić information content (AvgIpc) is 3.36. The Morgan fingerprint density at radius 2 is 2.00 bits per heavy atom. The van der Waals surface area contributed by atoms with Gasteiger partial charge in [-0.3, -0.25) is 4.98 Å². The van der Waals surface area contributed by atoms with Crippen molar-refractivity contribution in [2.24, 2.45) is 0 Å². The Hall–Kier alpha value is -2.84. The maximum Gasteiger partial charge on any atom is 0.242 e. The molecule has 0 spiro atoms. The van der Waals surface area contributed by atoms with Crippen LogP contribution < -0.4 is 4.74 Å². The largest absolute Gasteiger partial charge is 0.473 e. The number of hydrogen-bond donors (Lipinski definition) is 0.